The topological polar surface area (TPSA) is 72.7 Å². The van der Waals surface area contributed by atoms with Gasteiger partial charge in [-0.05, 0) is 31.2 Å². The zero-order chi connectivity index (χ0) is 17.2. The second-order valence-electron chi connectivity index (χ2n) is 6.02. The molecule has 1 aliphatic heterocycles. The highest BCUT2D eigenvalue weighted by molar-refractivity contribution is 5.89. The van der Waals surface area contributed by atoms with E-state index in [1.165, 1.54) is 0 Å². The Morgan fingerprint density at radius 1 is 1.12 bits per heavy atom. The molecule has 128 valence electrons. The van der Waals surface area contributed by atoms with E-state index in [1.54, 1.807) is 18.2 Å². The van der Waals surface area contributed by atoms with Gasteiger partial charge in [0.15, 0.2) is 11.5 Å². The first-order valence-corrected chi connectivity index (χ1v) is 8.12. The van der Waals surface area contributed by atoms with Crippen molar-refractivity contribution in [1.29, 1.82) is 0 Å². The van der Waals surface area contributed by atoms with Crippen LogP contribution in [0.4, 0.5) is 10.5 Å². The largest absolute Gasteiger partial charge is 0.461 e. The molecule has 4 rings (SSSR count). The highest BCUT2D eigenvalue weighted by atomic mass is 16.7. The third kappa shape index (κ3) is 3.38. The molecule has 0 fully saturated rings. The number of para-hydroxylation sites is 1. The normalized spacial score (nSPS) is 13.6. The van der Waals surface area contributed by atoms with Crippen molar-refractivity contribution in [3.05, 3.63) is 54.3 Å². The molecule has 25 heavy (non-hydrogen) atoms. The Hall–Kier alpha value is -3.15. The van der Waals surface area contributed by atoms with Crippen molar-refractivity contribution in [3.8, 4) is 11.5 Å². The molecular weight excluding hydrogens is 320 g/mol. The summed E-state index contributed by atoms with van der Waals surface area (Å²) in [5.74, 6) is 2.16. The van der Waals surface area contributed by atoms with Crippen LogP contribution in [0.2, 0.25) is 0 Å². The molecule has 0 radical (unpaired) electrons. The molecule has 6 nitrogen and oxygen atoms in total. The Balaban J connectivity index is 1.35. The number of anilines is 1. The van der Waals surface area contributed by atoms with E-state index in [0.29, 0.717) is 23.6 Å². The van der Waals surface area contributed by atoms with Gasteiger partial charge in [0, 0.05) is 29.6 Å². The van der Waals surface area contributed by atoms with Crippen LogP contribution in [0.3, 0.4) is 0 Å². The molecule has 0 saturated heterocycles. The quantitative estimate of drug-likeness (QED) is 0.756. The van der Waals surface area contributed by atoms with Gasteiger partial charge in [-0.3, -0.25) is 0 Å². The lowest BCUT2D eigenvalue weighted by Crippen LogP contribution is -2.37. The summed E-state index contributed by atoms with van der Waals surface area (Å²) in [6.45, 7) is 2.14. The summed E-state index contributed by atoms with van der Waals surface area (Å²) < 4.78 is 16.3. The van der Waals surface area contributed by atoms with E-state index in [2.05, 4.69) is 10.6 Å². The van der Waals surface area contributed by atoms with E-state index in [1.807, 2.05) is 37.3 Å². The maximum Gasteiger partial charge on any atom is 0.319 e. The van der Waals surface area contributed by atoms with E-state index < -0.39 is 0 Å². The first-order valence-electron chi connectivity index (χ1n) is 8.12. The fourth-order valence-electron chi connectivity index (χ4n) is 2.86. The predicted octanol–water partition coefficient (Wildman–Crippen LogP) is 3.91. The SMILES string of the molecule is C[C@H](Cc1cc2ccccc2o1)NC(=O)Nc1ccc2c(c1)OCO2. The van der Waals surface area contributed by atoms with Crippen LogP contribution in [0.15, 0.2) is 52.9 Å². The average molecular weight is 338 g/mol. The molecule has 1 aromatic heterocycles. The number of carbonyl (C=O) groups excluding carboxylic acids is 1. The van der Waals surface area contributed by atoms with E-state index in [9.17, 15) is 4.79 Å². The molecule has 0 bridgehead atoms. The van der Waals surface area contributed by atoms with Crippen molar-refractivity contribution in [2.45, 2.75) is 19.4 Å². The minimum atomic E-state index is -0.275. The molecule has 2 N–H and O–H groups in total. The lowest BCUT2D eigenvalue weighted by molar-refractivity contribution is 0.174. The number of hydrogen-bond acceptors (Lipinski definition) is 4. The highest BCUT2D eigenvalue weighted by Gasteiger charge is 2.15. The summed E-state index contributed by atoms with van der Waals surface area (Å²) >= 11 is 0. The van der Waals surface area contributed by atoms with Crippen LogP contribution >= 0.6 is 0 Å². The van der Waals surface area contributed by atoms with Gasteiger partial charge in [-0.1, -0.05) is 18.2 Å². The number of amides is 2. The lowest BCUT2D eigenvalue weighted by atomic mass is 10.2. The number of benzene rings is 2. The second kappa shape index (κ2) is 6.39. The van der Waals surface area contributed by atoms with Crippen LogP contribution in [0.5, 0.6) is 11.5 Å². The van der Waals surface area contributed by atoms with Gasteiger partial charge in [0.05, 0.1) is 0 Å². The minimum absolute atomic E-state index is 0.0745. The molecule has 1 atom stereocenters. The summed E-state index contributed by atoms with van der Waals surface area (Å²) in [7, 11) is 0. The van der Waals surface area contributed by atoms with Crippen molar-refractivity contribution in [2.24, 2.45) is 0 Å². The molecule has 0 aliphatic carbocycles. The average Bonchev–Trinajstić information content (AvgIpc) is 3.19. The van der Waals surface area contributed by atoms with E-state index in [0.717, 1.165) is 16.7 Å². The number of hydrogen-bond donors (Lipinski definition) is 2. The molecule has 2 heterocycles. The molecule has 2 aromatic carbocycles. The molecule has 6 heteroatoms. The number of rotatable bonds is 4. The first kappa shape index (κ1) is 15.4. The van der Waals surface area contributed by atoms with Crippen molar-refractivity contribution in [1.82, 2.24) is 5.32 Å². The molecule has 0 saturated carbocycles. The number of nitrogens with one attached hydrogen (secondary N) is 2. The fourth-order valence-corrected chi connectivity index (χ4v) is 2.86. The van der Waals surface area contributed by atoms with Crippen molar-refractivity contribution in [3.63, 3.8) is 0 Å². The maximum absolute atomic E-state index is 12.2. The van der Waals surface area contributed by atoms with E-state index in [4.69, 9.17) is 13.9 Å². The second-order valence-corrected chi connectivity index (χ2v) is 6.02. The summed E-state index contributed by atoms with van der Waals surface area (Å²) in [6, 6.07) is 14.8. The van der Waals surface area contributed by atoms with Gasteiger partial charge in [-0.2, -0.15) is 0 Å². The van der Waals surface area contributed by atoms with Crippen LogP contribution in [0.1, 0.15) is 12.7 Å². The van der Waals surface area contributed by atoms with Gasteiger partial charge in [-0.25, -0.2) is 4.79 Å². The van der Waals surface area contributed by atoms with Crippen molar-refractivity contribution >= 4 is 22.7 Å². The van der Waals surface area contributed by atoms with Crippen LogP contribution in [0.25, 0.3) is 11.0 Å². The van der Waals surface area contributed by atoms with Crippen molar-refractivity contribution < 1.29 is 18.7 Å². The first-order chi connectivity index (χ1) is 12.2. The van der Waals surface area contributed by atoms with Crippen LogP contribution in [-0.2, 0) is 6.42 Å². The van der Waals surface area contributed by atoms with Gasteiger partial charge in [0.2, 0.25) is 6.79 Å². The van der Waals surface area contributed by atoms with Crippen molar-refractivity contribution in [2.75, 3.05) is 12.1 Å². The van der Waals surface area contributed by atoms with Gasteiger partial charge >= 0.3 is 6.03 Å². The number of urea groups is 1. The fraction of sp³-hybridized carbons (Fsp3) is 0.211. The third-order valence-corrected chi connectivity index (χ3v) is 3.99. The smallest absolute Gasteiger partial charge is 0.319 e. The van der Waals surface area contributed by atoms with Gasteiger partial charge in [-0.15, -0.1) is 0 Å². The summed E-state index contributed by atoms with van der Waals surface area (Å²) in [5.41, 5.74) is 1.51. The van der Waals surface area contributed by atoms with E-state index in [-0.39, 0.29) is 18.9 Å². The molecule has 1 aliphatic rings. The summed E-state index contributed by atoms with van der Waals surface area (Å²) in [6.07, 6.45) is 0.614. The molecular formula is C19H18N2O4. The van der Waals surface area contributed by atoms with Gasteiger partial charge < -0.3 is 24.5 Å². The molecule has 0 spiro atoms. The lowest BCUT2D eigenvalue weighted by Gasteiger charge is -2.13. The van der Waals surface area contributed by atoms with Gasteiger partial charge in [0.1, 0.15) is 11.3 Å². The summed E-state index contributed by atoms with van der Waals surface area (Å²) in [4.78, 5) is 12.2. The third-order valence-electron chi connectivity index (χ3n) is 3.99. The Kier molecular flexibility index (Phi) is 3.93. The van der Waals surface area contributed by atoms with Crippen LogP contribution < -0.4 is 20.1 Å². The Morgan fingerprint density at radius 2 is 1.96 bits per heavy atom. The monoisotopic (exact) mass is 338 g/mol. The standard InChI is InChI=1S/C19H18N2O4/c1-12(8-15-9-13-4-2-3-5-16(13)25-15)20-19(22)21-14-6-7-17-18(10-14)24-11-23-17/h2-7,9-10,12H,8,11H2,1H3,(H2,20,21,22)/t12-/m1/s1. The molecule has 0 unspecified atom stereocenters. The maximum atomic E-state index is 12.2. The van der Waals surface area contributed by atoms with Crippen LogP contribution in [0, 0.1) is 0 Å². The number of fused-ring (bicyclic) bond motifs is 2. The Labute approximate surface area is 144 Å². The zero-order valence-electron chi connectivity index (χ0n) is 13.7. The molecule has 2 amide bonds. The molecule has 3 aromatic rings. The number of carbonyl (C=O) groups is 1. The highest BCUT2D eigenvalue weighted by Crippen LogP contribution is 2.34. The van der Waals surface area contributed by atoms with E-state index >= 15 is 0 Å². The zero-order valence-corrected chi connectivity index (χ0v) is 13.7. The van der Waals surface area contributed by atoms with Crippen LogP contribution in [-0.4, -0.2) is 18.9 Å². The number of ether oxygens (including phenoxy) is 2. The van der Waals surface area contributed by atoms with Gasteiger partial charge in [0.25, 0.3) is 0 Å². The number of furan rings is 1. The Bertz CT molecular complexity index is 886. The predicted molar refractivity (Wildman–Crippen MR) is 94.1 cm³/mol. The minimum Gasteiger partial charge on any atom is -0.461 e. The summed E-state index contributed by atoms with van der Waals surface area (Å²) in [5, 5.41) is 6.77. The Morgan fingerprint density at radius 3 is 2.84 bits per heavy atom.